The van der Waals surface area contributed by atoms with Crippen LogP contribution in [0.15, 0.2) is 29.5 Å². The van der Waals surface area contributed by atoms with Crippen molar-refractivity contribution >= 4 is 17.4 Å². The number of fused-ring (bicyclic) bond motifs is 1. The van der Waals surface area contributed by atoms with Gasteiger partial charge in [-0.2, -0.15) is 5.26 Å². The van der Waals surface area contributed by atoms with Crippen LogP contribution in [0.2, 0.25) is 0 Å². The Morgan fingerprint density at radius 1 is 1.26 bits per heavy atom. The van der Waals surface area contributed by atoms with Crippen molar-refractivity contribution in [3.63, 3.8) is 0 Å². The number of likely N-dealkylation sites (tertiary alicyclic amines) is 1. The van der Waals surface area contributed by atoms with Gasteiger partial charge in [-0.05, 0) is 43.0 Å². The molecule has 1 aliphatic carbocycles. The number of aromatic nitrogens is 2. The topological polar surface area (TPSA) is 115 Å². The van der Waals surface area contributed by atoms with Crippen LogP contribution in [0.25, 0.3) is 0 Å². The number of aryl methyl sites for hydroxylation is 1. The van der Waals surface area contributed by atoms with Gasteiger partial charge in [-0.15, -0.1) is 0 Å². The Hall–Kier alpha value is -3.45. The number of hydrogen-bond acceptors (Lipinski definition) is 7. The zero-order valence-corrected chi connectivity index (χ0v) is 18.6. The van der Waals surface area contributed by atoms with Crippen molar-refractivity contribution in [1.82, 2.24) is 14.9 Å². The highest BCUT2D eigenvalue weighted by Crippen LogP contribution is 2.37. The molecule has 0 bridgehead atoms. The first kappa shape index (κ1) is 22.3. The number of alkyl halides is 1. The molecule has 2 aromatic rings. The zero-order chi connectivity index (χ0) is 24.0. The second kappa shape index (κ2) is 8.72. The van der Waals surface area contributed by atoms with Crippen molar-refractivity contribution in [2.45, 2.75) is 57.1 Å². The van der Waals surface area contributed by atoms with E-state index in [4.69, 9.17) is 0 Å². The summed E-state index contributed by atoms with van der Waals surface area (Å²) < 4.78 is 28.5. The van der Waals surface area contributed by atoms with Crippen LogP contribution in [-0.4, -0.2) is 56.5 Å². The summed E-state index contributed by atoms with van der Waals surface area (Å²) in [7, 11) is 0. The van der Waals surface area contributed by atoms with Gasteiger partial charge in [0, 0.05) is 6.42 Å². The highest BCUT2D eigenvalue weighted by molar-refractivity contribution is 6.47. The van der Waals surface area contributed by atoms with Gasteiger partial charge in [0.05, 0.1) is 54.5 Å². The normalized spacial score (nSPS) is 27.9. The fourth-order valence-corrected chi connectivity index (χ4v) is 5.18. The third-order valence-corrected chi connectivity index (χ3v) is 6.75. The first-order chi connectivity index (χ1) is 16.3. The molecule has 3 heterocycles. The summed E-state index contributed by atoms with van der Waals surface area (Å²) >= 11 is 0. The van der Waals surface area contributed by atoms with E-state index >= 15 is 0 Å². The average molecular weight is 466 g/mol. The van der Waals surface area contributed by atoms with Crippen LogP contribution in [-0.2, 0) is 11.3 Å². The summed E-state index contributed by atoms with van der Waals surface area (Å²) in [5.41, 5.74) is 2.34. The lowest BCUT2D eigenvalue weighted by Gasteiger charge is -2.26. The Balaban J connectivity index is 1.44. The second-order valence-corrected chi connectivity index (χ2v) is 9.19. The molecule has 0 radical (unpaired) electrons. The number of nitrogens with one attached hydrogen (secondary N) is 1. The molecule has 5 atom stereocenters. The van der Waals surface area contributed by atoms with E-state index in [1.165, 1.54) is 23.4 Å². The molecule has 0 spiro atoms. The molecule has 2 aliphatic heterocycles. The van der Waals surface area contributed by atoms with Crippen LogP contribution < -0.4 is 5.32 Å². The third-order valence-electron chi connectivity index (χ3n) is 6.75. The summed E-state index contributed by atoms with van der Waals surface area (Å²) in [6, 6.07) is 5.66. The van der Waals surface area contributed by atoms with Crippen molar-refractivity contribution in [2.24, 2.45) is 10.9 Å². The minimum absolute atomic E-state index is 0.0784. The monoisotopic (exact) mass is 466 g/mol. The number of nitriles is 1. The van der Waals surface area contributed by atoms with Crippen molar-refractivity contribution < 1.29 is 18.7 Å². The van der Waals surface area contributed by atoms with Gasteiger partial charge in [0.1, 0.15) is 29.8 Å². The minimum Gasteiger partial charge on any atom is -0.391 e. The molecular weight excluding hydrogens is 442 g/mol. The predicted octanol–water partition coefficient (Wildman–Crippen LogP) is 2.61. The standard InChI is InChI=1S/C24H24F2N6O2/c1-12-2-14(6-15(25)3-12)19-7-16(26)10-32(19)24(34)22-21-18(9-28-22)29-11-30-23(21)31-17-4-13(8-27)5-20(17)33/h2-3,6,11,13,16-17,19-20,33H,4-5,7,9-10H2,1H3,(H,29,30,31)/t13-,16+,17-,19-,20-/m1/s1. The molecule has 1 aromatic heterocycles. The van der Waals surface area contributed by atoms with Crippen LogP contribution in [0.5, 0.6) is 0 Å². The Morgan fingerprint density at radius 2 is 2.09 bits per heavy atom. The second-order valence-electron chi connectivity index (χ2n) is 9.19. The van der Waals surface area contributed by atoms with Crippen LogP contribution in [0.4, 0.5) is 14.6 Å². The minimum atomic E-state index is -1.24. The third kappa shape index (κ3) is 4.01. The molecule has 34 heavy (non-hydrogen) atoms. The van der Waals surface area contributed by atoms with Crippen LogP contribution in [0.1, 0.15) is 47.7 Å². The van der Waals surface area contributed by atoms with E-state index < -0.39 is 36.1 Å². The summed E-state index contributed by atoms with van der Waals surface area (Å²) in [5.74, 6) is -0.811. The largest absolute Gasteiger partial charge is 0.391 e. The van der Waals surface area contributed by atoms with Crippen molar-refractivity contribution in [2.75, 3.05) is 11.9 Å². The molecule has 1 saturated heterocycles. The van der Waals surface area contributed by atoms with Gasteiger partial charge in [0.25, 0.3) is 5.91 Å². The number of halogens is 2. The summed E-state index contributed by atoms with van der Waals surface area (Å²) in [5, 5.41) is 22.7. The molecular formula is C24H24F2N6O2. The Kier molecular flexibility index (Phi) is 5.73. The molecule has 2 fully saturated rings. The number of carbonyl (C=O) groups excluding carboxylic acids is 1. The van der Waals surface area contributed by atoms with Crippen molar-refractivity contribution in [1.29, 1.82) is 5.26 Å². The van der Waals surface area contributed by atoms with Gasteiger partial charge in [-0.1, -0.05) is 6.07 Å². The van der Waals surface area contributed by atoms with E-state index in [9.17, 15) is 23.9 Å². The molecule has 1 aromatic carbocycles. The smallest absolute Gasteiger partial charge is 0.273 e. The molecule has 2 N–H and O–H groups in total. The molecule has 1 amide bonds. The lowest BCUT2D eigenvalue weighted by molar-refractivity contribution is -0.125. The number of aliphatic imine (C=N–C) groups is 1. The molecule has 5 rings (SSSR count). The molecule has 1 saturated carbocycles. The van der Waals surface area contributed by atoms with Crippen LogP contribution in [0.3, 0.4) is 0 Å². The number of amides is 1. The van der Waals surface area contributed by atoms with E-state index in [-0.39, 0.29) is 31.1 Å². The van der Waals surface area contributed by atoms with E-state index in [1.807, 2.05) is 0 Å². The first-order valence-electron chi connectivity index (χ1n) is 11.3. The summed E-state index contributed by atoms with van der Waals surface area (Å²) in [4.78, 5) is 27.9. The van der Waals surface area contributed by atoms with E-state index in [1.54, 1.807) is 13.0 Å². The van der Waals surface area contributed by atoms with Gasteiger partial charge < -0.3 is 15.3 Å². The fraction of sp³-hybridized carbons (Fsp3) is 0.458. The lowest BCUT2D eigenvalue weighted by atomic mass is 10.0. The lowest BCUT2D eigenvalue weighted by Crippen LogP contribution is -2.37. The van der Waals surface area contributed by atoms with Gasteiger partial charge >= 0.3 is 0 Å². The molecule has 3 aliphatic rings. The van der Waals surface area contributed by atoms with Crippen LogP contribution >= 0.6 is 0 Å². The molecule has 176 valence electrons. The van der Waals surface area contributed by atoms with E-state index in [0.29, 0.717) is 41.0 Å². The molecule has 8 nitrogen and oxygen atoms in total. The average Bonchev–Trinajstić information content (AvgIpc) is 3.50. The SMILES string of the molecule is Cc1cc(F)cc([C@H]2C[C@H](F)CN2C(=O)C2=NCc3ncnc(N[C@@H]4C[C@@H](C#N)C[C@H]4O)c32)c1. The number of benzene rings is 1. The van der Waals surface area contributed by atoms with Crippen molar-refractivity contribution in [3.8, 4) is 6.07 Å². The summed E-state index contributed by atoms with van der Waals surface area (Å²) in [6.07, 6.45) is 0.294. The maximum Gasteiger partial charge on any atom is 0.273 e. The molecule has 10 heteroatoms. The quantitative estimate of drug-likeness (QED) is 0.716. The van der Waals surface area contributed by atoms with Gasteiger partial charge in [-0.25, -0.2) is 18.7 Å². The highest BCUT2D eigenvalue weighted by atomic mass is 19.1. The predicted molar refractivity (Wildman–Crippen MR) is 119 cm³/mol. The van der Waals surface area contributed by atoms with Gasteiger partial charge in [0.2, 0.25) is 0 Å². The van der Waals surface area contributed by atoms with E-state index in [2.05, 4.69) is 26.3 Å². The number of hydrogen-bond donors (Lipinski definition) is 2. The number of nitrogens with zero attached hydrogens (tertiary/aromatic N) is 5. The Morgan fingerprint density at radius 3 is 2.82 bits per heavy atom. The Bertz CT molecular complexity index is 1190. The number of carbonyl (C=O) groups is 1. The van der Waals surface area contributed by atoms with Crippen LogP contribution in [0, 0.1) is 30.0 Å². The highest BCUT2D eigenvalue weighted by Gasteiger charge is 2.41. The number of anilines is 1. The van der Waals surface area contributed by atoms with E-state index in [0.717, 1.165) is 0 Å². The fourth-order valence-electron chi connectivity index (χ4n) is 5.18. The number of aliphatic hydroxyl groups excluding tert-OH is 1. The summed E-state index contributed by atoms with van der Waals surface area (Å²) in [6.45, 7) is 1.81. The molecule has 0 unspecified atom stereocenters. The van der Waals surface area contributed by atoms with Gasteiger partial charge in [0.15, 0.2) is 0 Å². The van der Waals surface area contributed by atoms with Gasteiger partial charge in [-0.3, -0.25) is 9.79 Å². The van der Waals surface area contributed by atoms with Crippen molar-refractivity contribution in [3.05, 3.63) is 52.7 Å². The maximum absolute atomic E-state index is 14.5. The number of rotatable bonds is 4. The number of aliphatic hydroxyl groups is 1. The maximum atomic E-state index is 14.5. The zero-order valence-electron chi connectivity index (χ0n) is 18.6. The first-order valence-corrected chi connectivity index (χ1v) is 11.3. The Labute approximate surface area is 195 Å².